The predicted molar refractivity (Wildman–Crippen MR) is 94.1 cm³/mol. The van der Waals surface area contributed by atoms with E-state index in [0.29, 0.717) is 5.56 Å². The van der Waals surface area contributed by atoms with Crippen LogP contribution in [0.15, 0.2) is 17.7 Å². The second kappa shape index (κ2) is 7.48. The second-order valence-electron chi connectivity index (χ2n) is 5.35. The number of ether oxygens (including phenoxy) is 2. The topological polar surface area (TPSA) is 87.3 Å². The highest BCUT2D eigenvalue weighted by Crippen LogP contribution is 2.34. The highest BCUT2D eigenvalue weighted by atomic mass is 35.5. The van der Waals surface area contributed by atoms with Crippen molar-refractivity contribution in [2.75, 3.05) is 20.0 Å². The van der Waals surface area contributed by atoms with E-state index in [1.165, 1.54) is 26.4 Å². The molecule has 0 aliphatic heterocycles. The van der Waals surface area contributed by atoms with Crippen LogP contribution in [0.1, 0.15) is 29.9 Å². The molecule has 0 spiro atoms. The number of nitrogens with two attached hydrogens (primary N) is 1. The summed E-state index contributed by atoms with van der Waals surface area (Å²) in [4.78, 5) is 20.3. The Hall–Kier alpha value is -2.67. The smallest absolute Gasteiger partial charge is 0.357 e. The number of nitrogens with zero attached hydrogens (tertiary/aromatic N) is 2. The van der Waals surface area contributed by atoms with Crippen molar-refractivity contribution in [1.29, 1.82) is 0 Å². The molecule has 0 atom stereocenters. The fourth-order valence-corrected chi connectivity index (χ4v) is 2.41. The van der Waals surface area contributed by atoms with Gasteiger partial charge in [0.1, 0.15) is 5.82 Å². The number of halogens is 2. The van der Waals surface area contributed by atoms with Gasteiger partial charge in [0.2, 0.25) is 0 Å². The minimum absolute atomic E-state index is 0.00172. The number of rotatable bonds is 4. The molecule has 2 rings (SSSR count). The average molecular weight is 366 g/mol. The Labute approximate surface area is 149 Å². The second-order valence-corrected chi connectivity index (χ2v) is 5.76. The molecule has 0 bridgehead atoms. The summed E-state index contributed by atoms with van der Waals surface area (Å²) in [6.45, 7) is 3.66. The quantitative estimate of drug-likeness (QED) is 0.830. The third-order valence-corrected chi connectivity index (χ3v) is 3.58. The van der Waals surface area contributed by atoms with E-state index in [2.05, 4.69) is 9.97 Å². The first-order valence-corrected chi connectivity index (χ1v) is 7.61. The van der Waals surface area contributed by atoms with E-state index in [-0.39, 0.29) is 33.7 Å². The molecule has 2 aromatic rings. The normalized spacial score (nSPS) is 10.3. The van der Waals surface area contributed by atoms with E-state index >= 15 is 0 Å². The van der Waals surface area contributed by atoms with Crippen molar-refractivity contribution in [3.8, 4) is 17.1 Å². The fourth-order valence-electron chi connectivity index (χ4n) is 2.18. The molecule has 8 heteroatoms. The van der Waals surface area contributed by atoms with Crippen molar-refractivity contribution in [3.05, 3.63) is 39.8 Å². The number of nitrogen functional groups attached to an aromatic ring is 1. The number of anilines is 1. The summed E-state index contributed by atoms with van der Waals surface area (Å²) in [7, 11) is 2.51. The van der Waals surface area contributed by atoms with Gasteiger partial charge in [0.05, 0.1) is 24.8 Å². The lowest BCUT2D eigenvalue weighted by atomic mass is 10.1. The van der Waals surface area contributed by atoms with Crippen LogP contribution in [0.4, 0.5) is 10.2 Å². The zero-order valence-electron chi connectivity index (χ0n) is 14.2. The summed E-state index contributed by atoms with van der Waals surface area (Å²) in [5.41, 5.74) is 7.11. The molecule has 0 amide bonds. The van der Waals surface area contributed by atoms with Gasteiger partial charge in [-0.15, -0.1) is 0 Å². The Morgan fingerprint density at radius 1 is 1.28 bits per heavy atom. The van der Waals surface area contributed by atoms with Crippen LogP contribution in [0.2, 0.25) is 5.02 Å². The predicted octanol–water partition coefficient (Wildman–Crippen LogP) is 3.74. The number of methoxy groups -OCH3 is 2. The van der Waals surface area contributed by atoms with Crippen molar-refractivity contribution in [3.63, 3.8) is 0 Å². The Morgan fingerprint density at radius 3 is 2.52 bits per heavy atom. The molecule has 2 N–H and O–H groups in total. The van der Waals surface area contributed by atoms with Crippen LogP contribution < -0.4 is 10.5 Å². The van der Waals surface area contributed by atoms with Gasteiger partial charge in [-0.05, 0) is 26.0 Å². The van der Waals surface area contributed by atoms with Crippen LogP contribution in [-0.4, -0.2) is 30.2 Å². The van der Waals surface area contributed by atoms with Gasteiger partial charge in [0.15, 0.2) is 23.1 Å². The molecule has 0 radical (unpaired) electrons. The van der Waals surface area contributed by atoms with Gasteiger partial charge in [-0.1, -0.05) is 23.3 Å². The Kier molecular flexibility index (Phi) is 5.58. The standard InChI is InChI=1S/C17H17ClFN3O3/c1-8(2)7-10-13(17(23)25-4)21-16(22-15(10)20)9-5-6-11(18)14(24-3)12(9)19/h5-7H,1-4H3,(H2,20,21,22). The third-order valence-electron chi connectivity index (χ3n) is 3.28. The molecule has 1 aromatic heterocycles. The van der Waals surface area contributed by atoms with E-state index in [1.54, 1.807) is 6.08 Å². The molecule has 1 aromatic carbocycles. The number of hydrogen-bond donors (Lipinski definition) is 1. The number of carbonyl (C=O) groups excluding carboxylic acids is 1. The number of carbonyl (C=O) groups is 1. The first-order valence-electron chi connectivity index (χ1n) is 7.23. The van der Waals surface area contributed by atoms with Crippen LogP contribution in [0.3, 0.4) is 0 Å². The van der Waals surface area contributed by atoms with Crippen LogP contribution >= 0.6 is 11.6 Å². The maximum atomic E-state index is 14.6. The summed E-state index contributed by atoms with van der Waals surface area (Å²) in [6, 6.07) is 2.83. The van der Waals surface area contributed by atoms with Crippen LogP contribution in [-0.2, 0) is 4.74 Å². The Bertz CT molecular complexity index is 865. The van der Waals surface area contributed by atoms with Crippen molar-refractivity contribution in [2.45, 2.75) is 13.8 Å². The molecule has 0 saturated heterocycles. The van der Waals surface area contributed by atoms with Crippen molar-refractivity contribution in [1.82, 2.24) is 9.97 Å². The SMILES string of the molecule is COC(=O)c1nc(-c2ccc(Cl)c(OC)c2F)nc(N)c1C=C(C)C. The van der Waals surface area contributed by atoms with E-state index in [1.807, 2.05) is 13.8 Å². The van der Waals surface area contributed by atoms with E-state index in [4.69, 9.17) is 26.8 Å². The van der Waals surface area contributed by atoms with Crippen LogP contribution in [0.25, 0.3) is 17.5 Å². The molecule has 6 nitrogen and oxygen atoms in total. The van der Waals surface area contributed by atoms with Crippen molar-refractivity contribution in [2.24, 2.45) is 0 Å². The number of hydrogen-bond acceptors (Lipinski definition) is 6. The lowest BCUT2D eigenvalue weighted by Gasteiger charge is -2.12. The average Bonchev–Trinajstić information content (AvgIpc) is 2.56. The number of aromatic nitrogens is 2. The Morgan fingerprint density at radius 2 is 1.96 bits per heavy atom. The van der Waals surface area contributed by atoms with Gasteiger partial charge in [-0.25, -0.2) is 19.2 Å². The molecule has 0 aliphatic rings. The van der Waals surface area contributed by atoms with Gasteiger partial charge >= 0.3 is 5.97 Å². The Balaban J connectivity index is 2.75. The monoisotopic (exact) mass is 365 g/mol. The molecule has 132 valence electrons. The highest BCUT2D eigenvalue weighted by molar-refractivity contribution is 6.32. The summed E-state index contributed by atoms with van der Waals surface area (Å²) in [5, 5.41) is 0.103. The molecular formula is C17H17ClFN3O3. The minimum Gasteiger partial charge on any atom is -0.492 e. The number of benzene rings is 1. The zero-order chi connectivity index (χ0) is 18.7. The first kappa shape index (κ1) is 18.7. The van der Waals surface area contributed by atoms with Gasteiger partial charge in [0.25, 0.3) is 0 Å². The largest absolute Gasteiger partial charge is 0.492 e. The van der Waals surface area contributed by atoms with E-state index in [0.717, 1.165) is 5.57 Å². The van der Waals surface area contributed by atoms with Crippen molar-refractivity contribution < 1.29 is 18.7 Å². The minimum atomic E-state index is -0.750. The third kappa shape index (κ3) is 3.71. The summed E-state index contributed by atoms with van der Waals surface area (Å²) in [6.07, 6.45) is 1.66. The van der Waals surface area contributed by atoms with Gasteiger partial charge in [-0.2, -0.15) is 0 Å². The van der Waals surface area contributed by atoms with Gasteiger partial charge in [-0.3, -0.25) is 0 Å². The molecular weight excluding hydrogens is 349 g/mol. The number of allylic oxidation sites excluding steroid dienone is 1. The van der Waals surface area contributed by atoms with Crippen molar-refractivity contribution >= 4 is 29.5 Å². The summed E-state index contributed by atoms with van der Waals surface area (Å²) >= 11 is 5.89. The molecule has 25 heavy (non-hydrogen) atoms. The van der Waals surface area contributed by atoms with E-state index in [9.17, 15) is 9.18 Å². The molecule has 0 unspecified atom stereocenters. The first-order chi connectivity index (χ1) is 11.8. The molecule has 1 heterocycles. The maximum Gasteiger partial charge on any atom is 0.357 e. The zero-order valence-corrected chi connectivity index (χ0v) is 14.9. The summed E-state index contributed by atoms with van der Waals surface area (Å²) in [5.74, 6) is -1.64. The lowest BCUT2D eigenvalue weighted by molar-refractivity contribution is 0.0593. The van der Waals surface area contributed by atoms with Crippen LogP contribution in [0.5, 0.6) is 5.75 Å². The summed E-state index contributed by atoms with van der Waals surface area (Å²) < 4.78 is 24.3. The van der Waals surface area contributed by atoms with Gasteiger partial charge < -0.3 is 15.2 Å². The van der Waals surface area contributed by atoms with Gasteiger partial charge in [0, 0.05) is 5.56 Å². The van der Waals surface area contributed by atoms with E-state index < -0.39 is 11.8 Å². The fraction of sp³-hybridized carbons (Fsp3) is 0.235. The molecule has 0 aliphatic carbocycles. The maximum absolute atomic E-state index is 14.6. The highest BCUT2D eigenvalue weighted by Gasteiger charge is 2.22. The number of esters is 1. The molecule has 0 fully saturated rings. The molecule has 0 saturated carbocycles. The van der Waals surface area contributed by atoms with Crippen LogP contribution in [0, 0.1) is 5.82 Å². The lowest BCUT2D eigenvalue weighted by Crippen LogP contribution is -2.12.